The Kier molecular flexibility index (Phi) is 2.10. The van der Waals surface area contributed by atoms with Crippen LogP contribution in [0.25, 0.3) is 0 Å². The van der Waals surface area contributed by atoms with E-state index in [1.807, 2.05) is 11.7 Å². The number of hydrogen-bond acceptors (Lipinski definition) is 4. The molecule has 3 rings (SSSR count). The molecule has 0 bridgehead atoms. The van der Waals surface area contributed by atoms with Crippen molar-refractivity contribution in [2.24, 2.45) is 13.0 Å². The average molecular weight is 222 g/mol. The summed E-state index contributed by atoms with van der Waals surface area (Å²) < 4.78 is 7.52. The Bertz CT molecular complexity index is 414. The second kappa shape index (κ2) is 3.38. The van der Waals surface area contributed by atoms with Gasteiger partial charge in [0.25, 0.3) is 0 Å². The van der Waals surface area contributed by atoms with Gasteiger partial charge in [-0.15, -0.1) is 0 Å². The highest BCUT2D eigenvalue weighted by Gasteiger charge is 2.36. The number of nitrogens with one attached hydrogen (secondary N) is 1. The van der Waals surface area contributed by atoms with Crippen LogP contribution in [0.5, 0.6) is 0 Å². The molecule has 0 amide bonds. The molecule has 5 nitrogen and oxygen atoms in total. The van der Waals surface area contributed by atoms with Crippen molar-refractivity contribution in [3.05, 3.63) is 5.69 Å². The molecule has 0 saturated carbocycles. The number of likely N-dealkylation sites (N-methyl/N-ethyl adjacent to an activating group) is 1. The zero-order chi connectivity index (χ0) is 11.3. The van der Waals surface area contributed by atoms with Gasteiger partial charge in [0.05, 0.1) is 24.9 Å². The molecule has 1 fully saturated rings. The molecule has 0 spiro atoms. The van der Waals surface area contributed by atoms with Crippen molar-refractivity contribution in [3.63, 3.8) is 0 Å². The normalized spacial score (nSPS) is 28.3. The lowest BCUT2D eigenvalue weighted by Gasteiger charge is -2.27. The van der Waals surface area contributed by atoms with Crippen molar-refractivity contribution in [3.8, 4) is 0 Å². The number of fused-ring (bicyclic) bond motifs is 2. The summed E-state index contributed by atoms with van der Waals surface area (Å²) in [5.41, 5.74) is 2.25. The maximum atomic E-state index is 5.57. The van der Waals surface area contributed by atoms with Crippen molar-refractivity contribution in [1.29, 1.82) is 0 Å². The molecule has 2 aliphatic rings. The lowest BCUT2D eigenvalue weighted by atomic mass is 10.0. The first-order chi connectivity index (χ1) is 7.68. The molecule has 2 unspecified atom stereocenters. The molecule has 16 heavy (non-hydrogen) atoms. The van der Waals surface area contributed by atoms with Crippen LogP contribution in [0.3, 0.4) is 0 Å². The van der Waals surface area contributed by atoms with Crippen LogP contribution in [0.4, 0.5) is 11.5 Å². The minimum Gasteiger partial charge on any atom is -0.380 e. The van der Waals surface area contributed by atoms with Crippen molar-refractivity contribution >= 4 is 11.5 Å². The molecule has 1 saturated heterocycles. The molecule has 88 valence electrons. The second-order valence-electron chi connectivity index (χ2n) is 4.76. The summed E-state index contributed by atoms with van der Waals surface area (Å²) in [6, 6.07) is 0.476. The monoisotopic (exact) mass is 222 g/mol. The van der Waals surface area contributed by atoms with E-state index in [2.05, 4.69) is 29.3 Å². The molecular formula is C11H18N4O. The zero-order valence-electron chi connectivity index (χ0n) is 10.0. The standard InChI is InChI=1S/C11H18N4O/c1-7-10-11(15(3)13-7)14(2)9-6-16-5-8(9)4-12-10/h8-9,12H,4-6H2,1-3H3. The van der Waals surface area contributed by atoms with Gasteiger partial charge in [-0.2, -0.15) is 5.10 Å². The molecule has 1 N–H and O–H groups in total. The fourth-order valence-electron chi connectivity index (χ4n) is 2.86. The van der Waals surface area contributed by atoms with E-state index in [0.29, 0.717) is 12.0 Å². The van der Waals surface area contributed by atoms with Crippen LogP contribution in [0.2, 0.25) is 0 Å². The highest BCUT2D eigenvalue weighted by atomic mass is 16.5. The Labute approximate surface area is 95.4 Å². The Morgan fingerprint density at radius 1 is 1.38 bits per heavy atom. The summed E-state index contributed by atoms with van der Waals surface area (Å²) in [6.45, 7) is 4.72. The van der Waals surface area contributed by atoms with Gasteiger partial charge in [0.2, 0.25) is 0 Å². The minimum atomic E-state index is 0.476. The van der Waals surface area contributed by atoms with E-state index in [1.54, 1.807) is 0 Å². The van der Waals surface area contributed by atoms with Gasteiger partial charge in [-0.1, -0.05) is 0 Å². The highest BCUT2D eigenvalue weighted by molar-refractivity contribution is 5.70. The lowest BCUT2D eigenvalue weighted by molar-refractivity contribution is 0.185. The van der Waals surface area contributed by atoms with Gasteiger partial charge in [0, 0.05) is 26.6 Å². The number of aryl methyl sites for hydroxylation is 2. The summed E-state index contributed by atoms with van der Waals surface area (Å²) in [7, 11) is 4.14. The Hall–Kier alpha value is -1.23. The average Bonchev–Trinajstić information content (AvgIpc) is 2.76. The molecule has 2 atom stereocenters. The number of aromatic nitrogens is 2. The number of anilines is 2. The van der Waals surface area contributed by atoms with Gasteiger partial charge in [-0.3, -0.25) is 4.68 Å². The molecule has 5 heteroatoms. The van der Waals surface area contributed by atoms with Crippen LogP contribution < -0.4 is 10.2 Å². The highest BCUT2D eigenvalue weighted by Crippen LogP contribution is 2.35. The quantitative estimate of drug-likeness (QED) is 0.698. The lowest BCUT2D eigenvalue weighted by Crippen LogP contribution is -2.39. The zero-order valence-corrected chi connectivity index (χ0v) is 10.0. The maximum Gasteiger partial charge on any atom is 0.150 e. The number of ether oxygens (including phenoxy) is 1. The van der Waals surface area contributed by atoms with E-state index in [9.17, 15) is 0 Å². The Morgan fingerprint density at radius 3 is 3.00 bits per heavy atom. The smallest absolute Gasteiger partial charge is 0.150 e. The van der Waals surface area contributed by atoms with E-state index < -0.39 is 0 Å². The fraction of sp³-hybridized carbons (Fsp3) is 0.727. The molecule has 2 aliphatic heterocycles. The van der Waals surface area contributed by atoms with Crippen LogP contribution in [-0.2, 0) is 11.8 Å². The number of hydrogen-bond donors (Lipinski definition) is 1. The van der Waals surface area contributed by atoms with Crippen LogP contribution in [0, 0.1) is 12.8 Å². The van der Waals surface area contributed by atoms with E-state index in [0.717, 1.165) is 25.5 Å². The van der Waals surface area contributed by atoms with Crippen LogP contribution >= 0.6 is 0 Å². The predicted octanol–water partition coefficient (Wildman–Crippen LogP) is 0.605. The third kappa shape index (κ3) is 1.24. The third-order valence-electron chi connectivity index (χ3n) is 3.73. The molecule has 0 radical (unpaired) electrons. The first kappa shape index (κ1) is 9.96. The van der Waals surface area contributed by atoms with Gasteiger partial charge in [-0.25, -0.2) is 0 Å². The van der Waals surface area contributed by atoms with Gasteiger partial charge >= 0.3 is 0 Å². The molecular weight excluding hydrogens is 204 g/mol. The largest absolute Gasteiger partial charge is 0.380 e. The summed E-state index contributed by atoms with van der Waals surface area (Å²) in [5, 5.41) is 7.98. The van der Waals surface area contributed by atoms with E-state index >= 15 is 0 Å². The van der Waals surface area contributed by atoms with E-state index in [1.165, 1.54) is 11.5 Å². The van der Waals surface area contributed by atoms with Gasteiger partial charge in [0.1, 0.15) is 5.69 Å². The summed E-state index contributed by atoms with van der Waals surface area (Å²) in [5.74, 6) is 1.76. The van der Waals surface area contributed by atoms with Crippen LogP contribution in [0.1, 0.15) is 5.69 Å². The van der Waals surface area contributed by atoms with Gasteiger partial charge in [-0.05, 0) is 6.92 Å². The third-order valence-corrected chi connectivity index (χ3v) is 3.73. The van der Waals surface area contributed by atoms with Gasteiger partial charge < -0.3 is 15.0 Å². The van der Waals surface area contributed by atoms with E-state index in [-0.39, 0.29) is 0 Å². The molecule has 0 aliphatic carbocycles. The SMILES string of the molecule is Cc1nn(C)c2c1NCC1COCC1N2C. The summed E-state index contributed by atoms with van der Waals surface area (Å²) >= 11 is 0. The summed E-state index contributed by atoms with van der Waals surface area (Å²) in [4.78, 5) is 2.31. The van der Waals surface area contributed by atoms with Crippen LogP contribution in [-0.4, -0.2) is 42.6 Å². The molecule has 1 aromatic rings. The van der Waals surface area contributed by atoms with E-state index in [4.69, 9.17) is 4.74 Å². The molecule has 3 heterocycles. The maximum absolute atomic E-state index is 5.57. The van der Waals surface area contributed by atoms with Crippen molar-refractivity contribution in [2.75, 3.05) is 37.0 Å². The number of rotatable bonds is 0. The first-order valence-corrected chi connectivity index (χ1v) is 5.76. The minimum absolute atomic E-state index is 0.476. The molecule has 0 aromatic carbocycles. The fourth-order valence-corrected chi connectivity index (χ4v) is 2.86. The molecule has 1 aromatic heterocycles. The van der Waals surface area contributed by atoms with Crippen molar-refractivity contribution < 1.29 is 4.74 Å². The second-order valence-corrected chi connectivity index (χ2v) is 4.76. The van der Waals surface area contributed by atoms with Gasteiger partial charge in [0.15, 0.2) is 5.82 Å². The van der Waals surface area contributed by atoms with Crippen molar-refractivity contribution in [1.82, 2.24) is 9.78 Å². The Morgan fingerprint density at radius 2 is 2.19 bits per heavy atom. The predicted molar refractivity (Wildman–Crippen MR) is 62.9 cm³/mol. The van der Waals surface area contributed by atoms with Crippen LogP contribution in [0.15, 0.2) is 0 Å². The Balaban J connectivity index is 2.06. The summed E-state index contributed by atoms with van der Waals surface area (Å²) in [6.07, 6.45) is 0. The van der Waals surface area contributed by atoms with Crippen molar-refractivity contribution in [2.45, 2.75) is 13.0 Å². The first-order valence-electron chi connectivity index (χ1n) is 5.76. The number of nitrogens with zero attached hydrogens (tertiary/aromatic N) is 3. The topological polar surface area (TPSA) is 42.3 Å².